The van der Waals surface area contributed by atoms with Crippen molar-refractivity contribution in [2.24, 2.45) is 5.73 Å². The van der Waals surface area contributed by atoms with E-state index in [-0.39, 0.29) is 0 Å². The summed E-state index contributed by atoms with van der Waals surface area (Å²) in [6.07, 6.45) is 0. The van der Waals surface area contributed by atoms with Crippen molar-refractivity contribution in [2.75, 3.05) is 25.5 Å². The Bertz CT molecular complexity index is 254. The van der Waals surface area contributed by atoms with E-state index in [1.807, 2.05) is 6.92 Å². The van der Waals surface area contributed by atoms with E-state index in [2.05, 4.69) is 15.5 Å². The predicted molar refractivity (Wildman–Crippen MR) is 54.1 cm³/mol. The van der Waals surface area contributed by atoms with Crippen LogP contribution in [0.2, 0.25) is 0 Å². The summed E-state index contributed by atoms with van der Waals surface area (Å²) >= 11 is 1.58. The number of hydrogen-bond acceptors (Lipinski definition) is 6. The first-order valence-electron chi connectivity index (χ1n) is 4.55. The Morgan fingerprint density at radius 3 is 3.14 bits per heavy atom. The molecule has 2 N–H and O–H groups in total. The van der Waals surface area contributed by atoms with Crippen molar-refractivity contribution in [2.45, 2.75) is 18.6 Å². The van der Waals surface area contributed by atoms with Crippen LogP contribution in [-0.4, -0.2) is 45.7 Å². The molecule has 0 saturated heterocycles. The van der Waals surface area contributed by atoms with Crippen molar-refractivity contribution >= 4 is 11.8 Å². The Morgan fingerprint density at radius 2 is 2.43 bits per heavy atom. The van der Waals surface area contributed by atoms with E-state index in [1.54, 1.807) is 16.4 Å². The lowest BCUT2D eigenvalue weighted by Gasteiger charge is -2.02. The van der Waals surface area contributed by atoms with Crippen LogP contribution < -0.4 is 5.73 Å². The predicted octanol–water partition coefficient (Wildman–Crippen LogP) is -0.240. The molecule has 0 aliphatic rings. The Kier molecular flexibility index (Phi) is 5.50. The maximum Gasteiger partial charge on any atom is 0.209 e. The van der Waals surface area contributed by atoms with Gasteiger partial charge in [0.25, 0.3) is 0 Å². The molecule has 0 spiro atoms. The third kappa shape index (κ3) is 3.60. The van der Waals surface area contributed by atoms with Gasteiger partial charge in [-0.2, -0.15) is 0 Å². The minimum atomic E-state index is 0.546. The fraction of sp³-hybridized carbons (Fsp3) is 0.857. The van der Waals surface area contributed by atoms with Crippen LogP contribution >= 0.6 is 11.8 Å². The van der Waals surface area contributed by atoms with Gasteiger partial charge < -0.3 is 10.5 Å². The number of rotatable bonds is 7. The molecule has 0 bridgehead atoms. The van der Waals surface area contributed by atoms with Crippen LogP contribution in [0.1, 0.15) is 6.92 Å². The second kappa shape index (κ2) is 6.74. The molecule has 0 atom stereocenters. The zero-order chi connectivity index (χ0) is 10.2. The first-order valence-corrected chi connectivity index (χ1v) is 5.53. The van der Waals surface area contributed by atoms with Gasteiger partial charge >= 0.3 is 0 Å². The normalized spacial score (nSPS) is 10.7. The Hall–Kier alpha value is -0.660. The van der Waals surface area contributed by atoms with Crippen molar-refractivity contribution < 1.29 is 4.74 Å². The maximum atomic E-state index is 5.41. The lowest BCUT2D eigenvalue weighted by Crippen LogP contribution is -2.12. The lowest BCUT2D eigenvalue weighted by atomic mass is 10.7. The number of thioether (sulfide) groups is 1. The van der Waals surface area contributed by atoms with E-state index in [0.717, 1.165) is 24.1 Å². The standard InChI is InChI=1S/C7H15N5OS/c1-2-13-5-6-14-7-9-10-11-12(7)4-3-8/h2-6,8H2,1H3. The minimum absolute atomic E-state index is 0.546. The summed E-state index contributed by atoms with van der Waals surface area (Å²) < 4.78 is 6.91. The highest BCUT2D eigenvalue weighted by Crippen LogP contribution is 2.12. The number of hydrogen-bond donors (Lipinski definition) is 1. The fourth-order valence-electron chi connectivity index (χ4n) is 0.899. The van der Waals surface area contributed by atoms with Gasteiger partial charge in [-0.05, 0) is 17.4 Å². The first kappa shape index (κ1) is 11.4. The van der Waals surface area contributed by atoms with Gasteiger partial charge in [0.1, 0.15) is 0 Å². The van der Waals surface area contributed by atoms with Crippen LogP contribution in [0.25, 0.3) is 0 Å². The highest BCUT2D eigenvalue weighted by Gasteiger charge is 2.04. The molecule has 0 saturated carbocycles. The lowest BCUT2D eigenvalue weighted by molar-refractivity contribution is 0.164. The highest BCUT2D eigenvalue weighted by atomic mass is 32.2. The van der Waals surface area contributed by atoms with Crippen LogP contribution in [0, 0.1) is 0 Å². The molecule has 0 radical (unpaired) electrons. The van der Waals surface area contributed by atoms with Crippen molar-refractivity contribution in [1.82, 2.24) is 20.2 Å². The summed E-state index contributed by atoms with van der Waals surface area (Å²) in [7, 11) is 0. The zero-order valence-electron chi connectivity index (χ0n) is 8.22. The summed E-state index contributed by atoms with van der Waals surface area (Å²) in [6.45, 7) is 4.64. The third-order valence-corrected chi connectivity index (χ3v) is 2.42. The molecule has 0 amide bonds. The molecule has 14 heavy (non-hydrogen) atoms. The van der Waals surface area contributed by atoms with Gasteiger partial charge in [-0.3, -0.25) is 0 Å². The van der Waals surface area contributed by atoms with Gasteiger partial charge in [0.05, 0.1) is 13.2 Å². The first-order chi connectivity index (χ1) is 6.88. The van der Waals surface area contributed by atoms with Crippen molar-refractivity contribution in [3.05, 3.63) is 0 Å². The molecule has 1 rings (SSSR count). The third-order valence-electron chi connectivity index (χ3n) is 1.50. The minimum Gasteiger partial charge on any atom is -0.381 e. The topological polar surface area (TPSA) is 78.9 Å². The quantitative estimate of drug-likeness (QED) is 0.501. The molecule has 0 fully saturated rings. The SMILES string of the molecule is CCOCCSc1nnnn1CCN. The molecule has 80 valence electrons. The molecular formula is C7H15N5OS. The van der Waals surface area contributed by atoms with E-state index in [9.17, 15) is 0 Å². The van der Waals surface area contributed by atoms with E-state index < -0.39 is 0 Å². The van der Waals surface area contributed by atoms with Crippen molar-refractivity contribution in [3.63, 3.8) is 0 Å². The van der Waals surface area contributed by atoms with Gasteiger partial charge in [-0.25, -0.2) is 4.68 Å². The van der Waals surface area contributed by atoms with Crippen LogP contribution in [0.5, 0.6) is 0 Å². The number of aromatic nitrogens is 4. The zero-order valence-corrected chi connectivity index (χ0v) is 9.03. The Morgan fingerprint density at radius 1 is 1.57 bits per heavy atom. The highest BCUT2D eigenvalue weighted by molar-refractivity contribution is 7.99. The van der Waals surface area contributed by atoms with Gasteiger partial charge in [0.15, 0.2) is 0 Å². The Labute approximate surface area is 87.2 Å². The van der Waals surface area contributed by atoms with Gasteiger partial charge in [-0.1, -0.05) is 11.8 Å². The molecule has 6 nitrogen and oxygen atoms in total. The molecule has 0 aliphatic heterocycles. The second-order valence-electron chi connectivity index (χ2n) is 2.52. The number of nitrogens with zero attached hydrogens (tertiary/aromatic N) is 4. The maximum absolute atomic E-state index is 5.41. The van der Waals surface area contributed by atoms with Gasteiger partial charge in [0, 0.05) is 18.9 Å². The van der Waals surface area contributed by atoms with E-state index in [0.29, 0.717) is 13.1 Å². The van der Waals surface area contributed by atoms with Gasteiger partial charge in [0.2, 0.25) is 5.16 Å². The average Bonchev–Trinajstić information content (AvgIpc) is 2.61. The molecular weight excluding hydrogens is 202 g/mol. The molecule has 7 heteroatoms. The molecule has 1 aromatic rings. The number of ether oxygens (including phenoxy) is 1. The van der Waals surface area contributed by atoms with Crippen molar-refractivity contribution in [1.29, 1.82) is 0 Å². The van der Waals surface area contributed by atoms with Crippen LogP contribution in [-0.2, 0) is 11.3 Å². The number of tetrazole rings is 1. The average molecular weight is 217 g/mol. The van der Waals surface area contributed by atoms with E-state index in [4.69, 9.17) is 10.5 Å². The number of nitrogens with two attached hydrogens (primary N) is 1. The van der Waals surface area contributed by atoms with Crippen LogP contribution in [0.15, 0.2) is 5.16 Å². The summed E-state index contributed by atoms with van der Waals surface area (Å²) in [5.74, 6) is 0.860. The van der Waals surface area contributed by atoms with E-state index >= 15 is 0 Å². The fourth-order valence-corrected chi connectivity index (χ4v) is 1.65. The summed E-state index contributed by atoms with van der Waals surface area (Å²) in [5, 5.41) is 12.1. The van der Waals surface area contributed by atoms with Crippen LogP contribution in [0.4, 0.5) is 0 Å². The van der Waals surface area contributed by atoms with E-state index in [1.165, 1.54) is 0 Å². The monoisotopic (exact) mass is 217 g/mol. The molecule has 0 aliphatic carbocycles. The summed E-state index contributed by atoms with van der Waals surface area (Å²) in [5.41, 5.74) is 5.41. The molecule has 1 aromatic heterocycles. The van der Waals surface area contributed by atoms with Crippen LogP contribution in [0.3, 0.4) is 0 Å². The second-order valence-corrected chi connectivity index (χ2v) is 3.58. The smallest absolute Gasteiger partial charge is 0.209 e. The largest absolute Gasteiger partial charge is 0.381 e. The van der Waals surface area contributed by atoms with Gasteiger partial charge in [-0.15, -0.1) is 5.10 Å². The van der Waals surface area contributed by atoms with Crippen molar-refractivity contribution in [3.8, 4) is 0 Å². The Balaban J connectivity index is 2.30. The summed E-state index contributed by atoms with van der Waals surface area (Å²) in [6, 6.07) is 0. The molecule has 1 heterocycles. The molecule has 0 unspecified atom stereocenters. The molecule has 0 aromatic carbocycles. The summed E-state index contributed by atoms with van der Waals surface area (Å²) in [4.78, 5) is 0.